The van der Waals surface area contributed by atoms with Gasteiger partial charge in [0, 0.05) is 24.5 Å². The molecule has 0 amide bonds. The molecule has 0 aliphatic carbocycles. The van der Waals surface area contributed by atoms with Gasteiger partial charge in [0.05, 0.1) is 0 Å². The van der Waals surface area contributed by atoms with E-state index in [1.54, 1.807) is 0 Å². The van der Waals surface area contributed by atoms with Crippen LogP contribution in [0, 0.1) is 13.8 Å². The van der Waals surface area contributed by atoms with Crippen molar-refractivity contribution < 1.29 is 0 Å². The van der Waals surface area contributed by atoms with Gasteiger partial charge in [-0.05, 0) is 45.4 Å². The Morgan fingerprint density at radius 2 is 2.00 bits per heavy atom. The molecule has 0 spiro atoms. The fourth-order valence-corrected chi connectivity index (χ4v) is 1.94. The molecule has 0 saturated carbocycles. The molecule has 14 heavy (non-hydrogen) atoms. The van der Waals surface area contributed by atoms with Gasteiger partial charge in [-0.15, -0.1) is 0 Å². The summed E-state index contributed by atoms with van der Waals surface area (Å²) < 4.78 is 2.36. The average molecular weight is 194 g/mol. The van der Waals surface area contributed by atoms with E-state index in [9.17, 15) is 0 Å². The molecular weight excluding hydrogens is 172 g/mol. The predicted molar refractivity (Wildman–Crippen MR) is 61.6 cm³/mol. The van der Waals surface area contributed by atoms with Gasteiger partial charge in [0.15, 0.2) is 0 Å². The first kappa shape index (κ1) is 11.3. The van der Waals surface area contributed by atoms with E-state index < -0.39 is 0 Å². The zero-order chi connectivity index (χ0) is 10.6. The lowest BCUT2D eigenvalue weighted by atomic mass is 10.2. The van der Waals surface area contributed by atoms with Crippen molar-refractivity contribution in [1.29, 1.82) is 0 Å². The molecule has 0 bridgehead atoms. The van der Waals surface area contributed by atoms with Gasteiger partial charge in [-0.25, -0.2) is 0 Å². The van der Waals surface area contributed by atoms with E-state index in [2.05, 4.69) is 43.6 Å². The van der Waals surface area contributed by atoms with Crippen molar-refractivity contribution in [1.82, 2.24) is 9.88 Å². The highest BCUT2D eigenvalue weighted by Gasteiger charge is 2.06. The zero-order valence-electron chi connectivity index (χ0n) is 9.85. The Morgan fingerprint density at radius 1 is 1.29 bits per heavy atom. The summed E-state index contributed by atoms with van der Waals surface area (Å²) in [5.74, 6) is 0. The van der Waals surface area contributed by atoms with Gasteiger partial charge in [0.1, 0.15) is 0 Å². The molecule has 1 rings (SSSR count). The van der Waals surface area contributed by atoms with E-state index >= 15 is 0 Å². The van der Waals surface area contributed by atoms with Crippen molar-refractivity contribution in [3.05, 3.63) is 23.0 Å². The van der Waals surface area contributed by atoms with Crippen LogP contribution in [-0.4, -0.2) is 11.1 Å². The van der Waals surface area contributed by atoms with E-state index in [1.165, 1.54) is 23.4 Å². The predicted octanol–water partition coefficient (Wildman–Crippen LogP) is 2.62. The third kappa shape index (κ3) is 2.38. The summed E-state index contributed by atoms with van der Waals surface area (Å²) in [4.78, 5) is 0. The van der Waals surface area contributed by atoms with Crippen LogP contribution in [0.5, 0.6) is 0 Å². The van der Waals surface area contributed by atoms with Gasteiger partial charge in [-0.3, -0.25) is 0 Å². The summed E-state index contributed by atoms with van der Waals surface area (Å²) in [6, 6.07) is 2.29. The largest absolute Gasteiger partial charge is 0.349 e. The van der Waals surface area contributed by atoms with Crippen LogP contribution in [0.2, 0.25) is 0 Å². The highest BCUT2D eigenvalue weighted by Crippen LogP contribution is 2.14. The minimum atomic E-state index is 1.01. The van der Waals surface area contributed by atoms with Crippen LogP contribution >= 0.6 is 0 Å². The Labute approximate surface area is 87.3 Å². The molecule has 80 valence electrons. The maximum Gasteiger partial charge on any atom is 0.0223 e. The Bertz CT molecular complexity index is 287. The Morgan fingerprint density at radius 3 is 2.50 bits per heavy atom. The lowest BCUT2D eigenvalue weighted by Gasteiger charge is -2.06. The molecule has 0 aromatic carbocycles. The fourth-order valence-electron chi connectivity index (χ4n) is 1.94. The molecule has 0 aliphatic heterocycles. The first-order chi connectivity index (χ1) is 6.70. The van der Waals surface area contributed by atoms with Crippen LogP contribution < -0.4 is 5.32 Å². The van der Waals surface area contributed by atoms with E-state index in [0.717, 1.165) is 19.6 Å². The summed E-state index contributed by atoms with van der Waals surface area (Å²) >= 11 is 0. The molecular formula is C12H22N2. The van der Waals surface area contributed by atoms with Crippen molar-refractivity contribution in [3.63, 3.8) is 0 Å². The summed E-state index contributed by atoms with van der Waals surface area (Å²) in [5, 5.41) is 3.44. The smallest absolute Gasteiger partial charge is 0.0223 e. The highest BCUT2D eigenvalue weighted by atomic mass is 15.0. The molecule has 1 heterocycles. The molecule has 2 nitrogen and oxygen atoms in total. The second kappa shape index (κ2) is 5.20. The topological polar surface area (TPSA) is 17.0 Å². The molecule has 1 aromatic heterocycles. The summed E-state index contributed by atoms with van der Waals surface area (Å²) in [6.07, 6.45) is 1.20. The van der Waals surface area contributed by atoms with Crippen molar-refractivity contribution in [2.45, 2.75) is 47.2 Å². The average Bonchev–Trinajstić information content (AvgIpc) is 2.42. The van der Waals surface area contributed by atoms with Crippen molar-refractivity contribution in [2.75, 3.05) is 6.54 Å². The van der Waals surface area contributed by atoms with Gasteiger partial charge in [0.25, 0.3) is 0 Å². The number of nitrogens with one attached hydrogen (secondary N) is 1. The lowest BCUT2D eigenvalue weighted by molar-refractivity contribution is 0.664. The van der Waals surface area contributed by atoms with Crippen molar-refractivity contribution >= 4 is 0 Å². The Hall–Kier alpha value is -0.760. The summed E-state index contributed by atoms with van der Waals surface area (Å²) in [5.41, 5.74) is 4.23. The molecule has 0 atom stereocenters. The van der Waals surface area contributed by atoms with E-state index in [4.69, 9.17) is 0 Å². The number of hydrogen-bond donors (Lipinski definition) is 1. The first-order valence-corrected chi connectivity index (χ1v) is 5.57. The normalized spacial score (nSPS) is 10.9. The van der Waals surface area contributed by atoms with Gasteiger partial charge < -0.3 is 9.88 Å². The van der Waals surface area contributed by atoms with E-state index in [1.807, 2.05) is 0 Å². The zero-order valence-corrected chi connectivity index (χ0v) is 9.85. The van der Waals surface area contributed by atoms with Crippen LogP contribution in [0.1, 0.15) is 37.2 Å². The molecule has 0 fully saturated rings. The fraction of sp³-hybridized carbons (Fsp3) is 0.667. The first-order valence-electron chi connectivity index (χ1n) is 5.57. The number of aryl methyl sites for hydroxylation is 1. The third-order valence-electron chi connectivity index (χ3n) is 2.74. The molecule has 0 aliphatic rings. The van der Waals surface area contributed by atoms with Gasteiger partial charge in [-0.1, -0.05) is 6.92 Å². The maximum atomic E-state index is 3.44. The summed E-state index contributed by atoms with van der Waals surface area (Å²) in [6.45, 7) is 12.0. The molecule has 0 radical (unpaired) electrons. The van der Waals surface area contributed by atoms with Crippen molar-refractivity contribution in [2.24, 2.45) is 0 Å². The molecule has 1 aromatic rings. The minimum Gasteiger partial charge on any atom is -0.349 e. The van der Waals surface area contributed by atoms with Gasteiger partial charge in [-0.2, -0.15) is 0 Å². The van der Waals surface area contributed by atoms with Crippen LogP contribution in [0.4, 0.5) is 0 Å². The maximum absolute atomic E-state index is 3.44. The van der Waals surface area contributed by atoms with Crippen molar-refractivity contribution in [3.8, 4) is 0 Å². The van der Waals surface area contributed by atoms with Crippen LogP contribution in [0.25, 0.3) is 0 Å². The summed E-state index contributed by atoms with van der Waals surface area (Å²) in [7, 11) is 0. The highest BCUT2D eigenvalue weighted by molar-refractivity contribution is 5.26. The molecule has 0 saturated heterocycles. The molecule has 2 heteroatoms. The Kier molecular flexibility index (Phi) is 4.21. The lowest BCUT2D eigenvalue weighted by Crippen LogP contribution is -2.14. The quantitative estimate of drug-likeness (QED) is 0.713. The van der Waals surface area contributed by atoms with E-state index in [-0.39, 0.29) is 0 Å². The number of aromatic nitrogens is 1. The standard InChI is InChI=1S/C12H22N2/c1-5-7-13-9-12-8-10(3)14(6-2)11(12)4/h8,13H,5-7,9H2,1-4H3. The number of nitrogens with zero attached hydrogens (tertiary/aromatic N) is 1. The van der Waals surface area contributed by atoms with Crippen LogP contribution in [0.3, 0.4) is 0 Å². The molecule has 1 N–H and O–H groups in total. The molecule has 0 unspecified atom stereocenters. The monoisotopic (exact) mass is 194 g/mol. The second-order valence-corrected chi connectivity index (χ2v) is 3.82. The van der Waals surface area contributed by atoms with Crippen LogP contribution in [0.15, 0.2) is 6.07 Å². The minimum absolute atomic E-state index is 1.01. The van der Waals surface area contributed by atoms with Gasteiger partial charge in [0.2, 0.25) is 0 Å². The number of rotatable bonds is 5. The van der Waals surface area contributed by atoms with E-state index in [0.29, 0.717) is 0 Å². The second-order valence-electron chi connectivity index (χ2n) is 3.82. The Balaban J connectivity index is 2.68. The van der Waals surface area contributed by atoms with Gasteiger partial charge >= 0.3 is 0 Å². The number of hydrogen-bond acceptors (Lipinski definition) is 1. The van der Waals surface area contributed by atoms with Crippen LogP contribution in [-0.2, 0) is 13.1 Å². The SMILES string of the molecule is CCCNCc1cc(C)n(CC)c1C. The third-order valence-corrected chi connectivity index (χ3v) is 2.74.